The van der Waals surface area contributed by atoms with Crippen molar-refractivity contribution in [3.05, 3.63) is 59.2 Å². The van der Waals surface area contributed by atoms with Crippen LogP contribution in [0, 0.1) is 11.8 Å². The molecule has 0 bridgehead atoms. The fourth-order valence-corrected chi connectivity index (χ4v) is 5.26. The fraction of sp³-hybridized carbons (Fsp3) is 0.345. The zero-order chi connectivity index (χ0) is 26.3. The number of aromatic hydroxyl groups is 1. The molecule has 3 atom stereocenters. The molecule has 0 saturated carbocycles. The van der Waals surface area contributed by atoms with E-state index in [0.717, 1.165) is 11.1 Å². The molecule has 3 aromatic carbocycles. The number of methoxy groups -OCH3 is 3. The van der Waals surface area contributed by atoms with Gasteiger partial charge in [-0.1, -0.05) is 32.0 Å². The van der Waals surface area contributed by atoms with E-state index < -0.39 is 12.1 Å². The van der Waals surface area contributed by atoms with E-state index in [1.54, 1.807) is 37.4 Å². The molecule has 1 heterocycles. The largest absolute Gasteiger partial charge is 0.504 e. The highest BCUT2D eigenvalue weighted by molar-refractivity contribution is 5.91. The summed E-state index contributed by atoms with van der Waals surface area (Å²) in [5.74, 6) is 1.43. The maximum absolute atomic E-state index is 13.3. The highest BCUT2D eigenvalue weighted by Gasteiger charge is 2.39. The van der Waals surface area contributed by atoms with E-state index in [1.807, 2.05) is 19.1 Å². The van der Waals surface area contributed by atoms with Crippen LogP contribution in [0.3, 0.4) is 0 Å². The Hall–Kier alpha value is -4.07. The van der Waals surface area contributed by atoms with Crippen molar-refractivity contribution < 1.29 is 38.3 Å². The Morgan fingerprint density at radius 1 is 0.919 bits per heavy atom. The van der Waals surface area contributed by atoms with Gasteiger partial charge < -0.3 is 33.5 Å². The van der Waals surface area contributed by atoms with Crippen LogP contribution in [0.1, 0.15) is 41.4 Å². The van der Waals surface area contributed by atoms with Gasteiger partial charge in [-0.05, 0) is 42.2 Å². The number of carbonyl (C=O) groups is 1. The minimum atomic E-state index is -0.702. The van der Waals surface area contributed by atoms with Crippen molar-refractivity contribution in [2.24, 2.45) is 11.8 Å². The molecule has 8 heteroatoms. The van der Waals surface area contributed by atoms with E-state index >= 15 is 0 Å². The molecule has 3 aromatic rings. The quantitative estimate of drug-likeness (QED) is 0.451. The average Bonchev–Trinajstić information content (AvgIpc) is 3.38. The molecule has 1 aliphatic heterocycles. The maximum atomic E-state index is 13.3. The van der Waals surface area contributed by atoms with E-state index in [4.69, 9.17) is 28.4 Å². The van der Waals surface area contributed by atoms with Gasteiger partial charge in [0.2, 0.25) is 18.3 Å². The number of carbonyl (C=O) groups excluding carboxylic acids is 1. The van der Waals surface area contributed by atoms with Crippen molar-refractivity contribution in [3.63, 3.8) is 0 Å². The number of esters is 1. The van der Waals surface area contributed by atoms with E-state index in [-0.39, 0.29) is 30.1 Å². The topological polar surface area (TPSA) is 92.7 Å². The molecule has 0 spiro atoms. The summed E-state index contributed by atoms with van der Waals surface area (Å²) in [6, 6.07) is 12.4. The Kier molecular flexibility index (Phi) is 6.50. The average molecular weight is 507 g/mol. The Morgan fingerprint density at radius 3 is 2.30 bits per heavy atom. The standard InChI is InChI=1S/C29H30O8/c1-15-11-18-12-21-26(36-14-35-21)27(33-4)22(18)23-19(13-20(30)25(32-3)28(23)34-5)24(16(15)2)37-29(31)17-9-7-6-8-10-17/h6-10,12-13,15-16,24,30H,11,14H2,1-5H3/t15-,16-,24+/m0/s1. The van der Waals surface area contributed by atoms with Crippen molar-refractivity contribution in [1.29, 1.82) is 0 Å². The van der Waals surface area contributed by atoms with Gasteiger partial charge in [0.15, 0.2) is 23.0 Å². The molecule has 0 radical (unpaired) electrons. The van der Waals surface area contributed by atoms with Crippen LogP contribution in [0.2, 0.25) is 0 Å². The van der Waals surface area contributed by atoms with Gasteiger partial charge in [-0.2, -0.15) is 0 Å². The van der Waals surface area contributed by atoms with Gasteiger partial charge in [-0.25, -0.2) is 4.79 Å². The summed E-state index contributed by atoms with van der Waals surface area (Å²) in [6.07, 6.45) is -0.0546. The van der Waals surface area contributed by atoms with Crippen molar-refractivity contribution in [3.8, 4) is 45.6 Å². The second-order valence-electron chi connectivity index (χ2n) is 9.34. The Balaban J connectivity index is 1.81. The Labute approximate surface area is 215 Å². The fourth-order valence-electron chi connectivity index (χ4n) is 5.26. The maximum Gasteiger partial charge on any atom is 0.338 e. The van der Waals surface area contributed by atoms with E-state index in [1.165, 1.54) is 14.2 Å². The molecule has 0 amide bonds. The first kappa shape index (κ1) is 24.6. The summed E-state index contributed by atoms with van der Waals surface area (Å²) in [5, 5.41) is 11.0. The lowest BCUT2D eigenvalue weighted by Gasteiger charge is -2.35. The third-order valence-electron chi connectivity index (χ3n) is 7.28. The van der Waals surface area contributed by atoms with Gasteiger partial charge >= 0.3 is 5.97 Å². The smallest absolute Gasteiger partial charge is 0.338 e. The van der Waals surface area contributed by atoms with Crippen molar-refractivity contribution in [2.45, 2.75) is 26.4 Å². The van der Waals surface area contributed by atoms with E-state index in [9.17, 15) is 9.90 Å². The second-order valence-corrected chi connectivity index (χ2v) is 9.34. The van der Waals surface area contributed by atoms with Crippen LogP contribution >= 0.6 is 0 Å². The molecule has 8 nitrogen and oxygen atoms in total. The van der Waals surface area contributed by atoms with Crippen molar-refractivity contribution >= 4 is 5.97 Å². The van der Waals surface area contributed by atoms with E-state index in [2.05, 4.69) is 6.92 Å². The molecule has 37 heavy (non-hydrogen) atoms. The summed E-state index contributed by atoms with van der Waals surface area (Å²) in [6.45, 7) is 4.24. The SMILES string of the molecule is COc1c(O)cc2c(c1OC)-c1c(cc3c(c1OC)OCO3)C[C@H](C)[C@H](C)[C@H]2OC(=O)c1ccccc1. The number of rotatable bonds is 5. The normalized spacial score (nSPS) is 19.6. The van der Waals surface area contributed by atoms with Gasteiger partial charge in [0.25, 0.3) is 0 Å². The zero-order valence-corrected chi connectivity index (χ0v) is 21.5. The highest BCUT2D eigenvalue weighted by Crippen LogP contribution is 2.58. The molecule has 0 aromatic heterocycles. The third kappa shape index (κ3) is 4.06. The summed E-state index contributed by atoms with van der Waals surface area (Å²) in [5.41, 5.74) is 3.30. The number of hydrogen-bond donors (Lipinski definition) is 1. The molecule has 5 rings (SSSR count). The Morgan fingerprint density at radius 2 is 1.62 bits per heavy atom. The van der Waals surface area contributed by atoms with Crippen molar-refractivity contribution in [2.75, 3.05) is 28.1 Å². The summed E-state index contributed by atoms with van der Waals surface area (Å²) >= 11 is 0. The lowest BCUT2D eigenvalue weighted by atomic mass is 9.76. The molecule has 0 saturated heterocycles. The molecule has 0 unspecified atom stereocenters. The van der Waals surface area contributed by atoms with E-state index in [0.29, 0.717) is 46.1 Å². The summed E-state index contributed by atoms with van der Waals surface area (Å²) < 4.78 is 34.9. The van der Waals surface area contributed by atoms with Crippen LogP contribution in [-0.2, 0) is 11.2 Å². The van der Waals surface area contributed by atoms with Crippen LogP contribution in [0.5, 0.6) is 34.5 Å². The number of phenolic OH excluding ortho intramolecular Hbond substituents is 1. The van der Waals surface area contributed by atoms with Crippen LogP contribution in [0.4, 0.5) is 0 Å². The van der Waals surface area contributed by atoms with Gasteiger partial charge in [-0.15, -0.1) is 0 Å². The first-order chi connectivity index (χ1) is 17.9. The molecular weight excluding hydrogens is 476 g/mol. The van der Waals surface area contributed by atoms with Gasteiger partial charge in [0, 0.05) is 22.6 Å². The molecule has 2 aliphatic rings. The Bertz CT molecular complexity index is 1330. The summed E-state index contributed by atoms with van der Waals surface area (Å²) in [4.78, 5) is 13.3. The first-order valence-corrected chi connectivity index (χ1v) is 12.1. The number of fused-ring (bicyclic) bond motifs is 4. The number of hydrogen-bond acceptors (Lipinski definition) is 8. The predicted molar refractivity (Wildman–Crippen MR) is 136 cm³/mol. The van der Waals surface area contributed by atoms with Gasteiger partial charge in [0.1, 0.15) is 6.10 Å². The van der Waals surface area contributed by atoms with Crippen LogP contribution in [0.15, 0.2) is 42.5 Å². The molecule has 0 fully saturated rings. The minimum absolute atomic E-state index is 0.0841. The molecule has 194 valence electrons. The van der Waals surface area contributed by atoms with Crippen molar-refractivity contribution in [1.82, 2.24) is 0 Å². The lowest BCUT2D eigenvalue weighted by molar-refractivity contribution is 0.00697. The van der Waals surface area contributed by atoms with Crippen LogP contribution in [0.25, 0.3) is 11.1 Å². The highest BCUT2D eigenvalue weighted by atomic mass is 16.7. The van der Waals surface area contributed by atoms with Crippen LogP contribution in [-0.4, -0.2) is 39.2 Å². The first-order valence-electron chi connectivity index (χ1n) is 12.1. The third-order valence-corrected chi connectivity index (χ3v) is 7.28. The minimum Gasteiger partial charge on any atom is -0.504 e. The second kappa shape index (κ2) is 9.76. The molecule has 1 aliphatic carbocycles. The van der Waals surface area contributed by atoms with Gasteiger partial charge in [0.05, 0.1) is 26.9 Å². The van der Waals surface area contributed by atoms with Gasteiger partial charge in [-0.3, -0.25) is 0 Å². The van der Waals surface area contributed by atoms with Crippen LogP contribution < -0.4 is 23.7 Å². The summed E-state index contributed by atoms with van der Waals surface area (Å²) in [7, 11) is 4.54. The molecule has 1 N–H and O–H groups in total. The molecular formula is C29H30O8. The number of benzene rings is 3. The monoisotopic (exact) mass is 506 g/mol. The predicted octanol–water partition coefficient (Wildman–Crippen LogP) is 5.54. The number of ether oxygens (including phenoxy) is 6. The lowest BCUT2D eigenvalue weighted by Crippen LogP contribution is -2.26. The number of phenols is 1. The zero-order valence-electron chi connectivity index (χ0n) is 21.5.